The van der Waals surface area contributed by atoms with Crippen LogP contribution in [0.2, 0.25) is 0 Å². The fourth-order valence-electron chi connectivity index (χ4n) is 1.14. The van der Waals surface area contributed by atoms with Gasteiger partial charge in [-0.1, -0.05) is 12.1 Å². The van der Waals surface area contributed by atoms with Crippen LogP contribution in [0.25, 0.3) is 0 Å². The number of hydrogen-bond donors (Lipinski definition) is 2. The molecule has 1 aromatic carbocycles. The van der Waals surface area contributed by atoms with Gasteiger partial charge in [0.05, 0.1) is 12.3 Å². The van der Waals surface area contributed by atoms with E-state index in [1.165, 1.54) is 0 Å². The Bertz CT molecular complexity index is 274. The normalized spacial score (nSPS) is 10.2. The SMILES string of the molecule is CCOCCc1cccc(O)c1N. The molecule has 0 saturated heterocycles. The average molecular weight is 181 g/mol. The minimum absolute atomic E-state index is 0.147. The van der Waals surface area contributed by atoms with E-state index in [0.717, 1.165) is 12.0 Å². The summed E-state index contributed by atoms with van der Waals surface area (Å²) in [6, 6.07) is 5.26. The molecule has 0 spiro atoms. The van der Waals surface area contributed by atoms with Crippen molar-refractivity contribution < 1.29 is 9.84 Å². The first-order valence-electron chi connectivity index (χ1n) is 4.39. The summed E-state index contributed by atoms with van der Waals surface area (Å²) in [6.07, 6.45) is 0.744. The van der Waals surface area contributed by atoms with Crippen molar-refractivity contribution in [2.45, 2.75) is 13.3 Å². The van der Waals surface area contributed by atoms with Gasteiger partial charge in [-0.05, 0) is 25.0 Å². The zero-order valence-electron chi connectivity index (χ0n) is 7.79. The van der Waals surface area contributed by atoms with Crippen LogP contribution in [0.4, 0.5) is 5.69 Å². The number of hydrogen-bond acceptors (Lipinski definition) is 3. The number of benzene rings is 1. The first kappa shape index (κ1) is 9.86. The molecule has 0 amide bonds. The molecule has 0 aliphatic carbocycles. The van der Waals surface area contributed by atoms with Crippen LogP contribution in [-0.4, -0.2) is 18.3 Å². The lowest BCUT2D eigenvalue weighted by molar-refractivity contribution is 0.151. The summed E-state index contributed by atoms with van der Waals surface area (Å²) in [4.78, 5) is 0. The summed E-state index contributed by atoms with van der Waals surface area (Å²) in [6.45, 7) is 3.30. The molecule has 0 atom stereocenters. The van der Waals surface area contributed by atoms with Gasteiger partial charge in [0.25, 0.3) is 0 Å². The highest BCUT2D eigenvalue weighted by molar-refractivity contribution is 5.57. The summed E-state index contributed by atoms with van der Waals surface area (Å²) in [5.41, 5.74) is 7.06. The minimum Gasteiger partial charge on any atom is -0.506 e. The first-order chi connectivity index (χ1) is 6.25. The molecule has 3 nitrogen and oxygen atoms in total. The van der Waals surface area contributed by atoms with Gasteiger partial charge in [-0.25, -0.2) is 0 Å². The van der Waals surface area contributed by atoms with Crippen molar-refractivity contribution in [2.24, 2.45) is 0 Å². The molecule has 13 heavy (non-hydrogen) atoms. The summed E-state index contributed by atoms with van der Waals surface area (Å²) in [5.74, 6) is 0.147. The third kappa shape index (κ3) is 2.63. The molecule has 0 heterocycles. The average Bonchev–Trinajstić information content (AvgIpc) is 2.13. The van der Waals surface area contributed by atoms with Crippen LogP contribution in [0.1, 0.15) is 12.5 Å². The highest BCUT2D eigenvalue weighted by atomic mass is 16.5. The number of aromatic hydroxyl groups is 1. The Balaban J connectivity index is 2.61. The molecule has 1 rings (SSSR count). The van der Waals surface area contributed by atoms with E-state index < -0.39 is 0 Å². The van der Waals surface area contributed by atoms with Crippen molar-refractivity contribution in [1.82, 2.24) is 0 Å². The van der Waals surface area contributed by atoms with E-state index in [1.807, 2.05) is 13.0 Å². The molecule has 0 radical (unpaired) electrons. The maximum Gasteiger partial charge on any atom is 0.138 e. The number of anilines is 1. The van der Waals surface area contributed by atoms with Crippen molar-refractivity contribution in [1.29, 1.82) is 0 Å². The van der Waals surface area contributed by atoms with Gasteiger partial charge in [-0.15, -0.1) is 0 Å². The second-order valence-corrected chi connectivity index (χ2v) is 2.80. The van der Waals surface area contributed by atoms with Crippen molar-refractivity contribution in [3.8, 4) is 5.75 Å². The minimum atomic E-state index is 0.147. The lowest BCUT2D eigenvalue weighted by atomic mass is 10.1. The Kier molecular flexibility index (Phi) is 3.58. The summed E-state index contributed by atoms with van der Waals surface area (Å²) in [7, 11) is 0. The molecular weight excluding hydrogens is 166 g/mol. The standard InChI is InChI=1S/C10H15NO2/c1-2-13-7-6-8-4-3-5-9(12)10(8)11/h3-5,12H,2,6-7,11H2,1H3. The van der Waals surface area contributed by atoms with Crippen LogP contribution < -0.4 is 5.73 Å². The van der Waals surface area contributed by atoms with Gasteiger partial charge >= 0.3 is 0 Å². The Morgan fingerprint density at radius 2 is 2.23 bits per heavy atom. The molecule has 0 fully saturated rings. The fourth-order valence-corrected chi connectivity index (χ4v) is 1.14. The number of phenolic OH excluding ortho intramolecular Hbond substituents is 1. The van der Waals surface area contributed by atoms with Crippen molar-refractivity contribution in [2.75, 3.05) is 18.9 Å². The van der Waals surface area contributed by atoms with E-state index >= 15 is 0 Å². The van der Waals surface area contributed by atoms with Gasteiger partial charge in [0.2, 0.25) is 0 Å². The van der Waals surface area contributed by atoms with Crippen LogP contribution >= 0.6 is 0 Å². The third-order valence-electron chi connectivity index (χ3n) is 1.89. The Morgan fingerprint density at radius 3 is 2.92 bits per heavy atom. The Morgan fingerprint density at radius 1 is 1.46 bits per heavy atom. The lowest BCUT2D eigenvalue weighted by Gasteiger charge is -2.06. The predicted molar refractivity (Wildman–Crippen MR) is 52.7 cm³/mol. The maximum atomic E-state index is 9.29. The largest absolute Gasteiger partial charge is 0.506 e. The molecule has 0 aliphatic rings. The fraction of sp³-hybridized carbons (Fsp3) is 0.400. The van der Waals surface area contributed by atoms with E-state index in [0.29, 0.717) is 18.9 Å². The van der Waals surface area contributed by atoms with Gasteiger partial charge in [0, 0.05) is 6.61 Å². The van der Waals surface area contributed by atoms with Gasteiger partial charge < -0.3 is 15.6 Å². The van der Waals surface area contributed by atoms with Gasteiger partial charge in [-0.2, -0.15) is 0 Å². The second-order valence-electron chi connectivity index (χ2n) is 2.80. The lowest BCUT2D eigenvalue weighted by Crippen LogP contribution is -2.01. The zero-order chi connectivity index (χ0) is 9.68. The summed E-state index contributed by atoms with van der Waals surface area (Å²) < 4.78 is 5.20. The third-order valence-corrected chi connectivity index (χ3v) is 1.89. The number of rotatable bonds is 4. The number of para-hydroxylation sites is 1. The van der Waals surface area contributed by atoms with E-state index in [4.69, 9.17) is 10.5 Å². The molecule has 0 saturated carbocycles. The van der Waals surface area contributed by atoms with E-state index in [1.54, 1.807) is 12.1 Å². The quantitative estimate of drug-likeness (QED) is 0.421. The predicted octanol–water partition coefficient (Wildman–Crippen LogP) is 1.55. The van der Waals surface area contributed by atoms with Crippen molar-refractivity contribution >= 4 is 5.69 Å². The van der Waals surface area contributed by atoms with E-state index in [9.17, 15) is 5.11 Å². The van der Waals surface area contributed by atoms with Crippen LogP contribution in [0, 0.1) is 0 Å². The smallest absolute Gasteiger partial charge is 0.138 e. The van der Waals surface area contributed by atoms with Gasteiger partial charge in [0.15, 0.2) is 0 Å². The maximum absolute atomic E-state index is 9.29. The summed E-state index contributed by atoms with van der Waals surface area (Å²) in [5, 5.41) is 9.29. The molecule has 1 aromatic rings. The molecule has 3 N–H and O–H groups in total. The van der Waals surface area contributed by atoms with Crippen LogP contribution in [0.5, 0.6) is 5.75 Å². The number of ether oxygens (including phenoxy) is 1. The van der Waals surface area contributed by atoms with Crippen molar-refractivity contribution in [3.63, 3.8) is 0 Å². The zero-order valence-corrected chi connectivity index (χ0v) is 7.79. The Labute approximate surface area is 78.1 Å². The second kappa shape index (κ2) is 4.72. The Hall–Kier alpha value is -1.22. The number of nitrogen functional groups attached to an aromatic ring is 1. The first-order valence-corrected chi connectivity index (χ1v) is 4.39. The topological polar surface area (TPSA) is 55.5 Å². The molecular formula is C10H15NO2. The molecule has 0 aliphatic heterocycles. The number of nitrogens with two attached hydrogens (primary N) is 1. The molecule has 0 bridgehead atoms. The van der Waals surface area contributed by atoms with Crippen molar-refractivity contribution in [3.05, 3.63) is 23.8 Å². The number of phenols is 1. The molecule has 0 unspecified atom stereocenters. The monoisotopic (exact) mass is 181 g/mol. The highest BCUT2D eigenvalue weighted by Gasteiger charge is 2.02. The summed E-state index contributed by atoms with van der Waals surface area (Å²) >= 11 is 0. The molecule has 3 heteroatoms. The molecule has 72 valence electrons. The van der Waals surface area contributed by atoms with Crippen LogP contribution in [-0.2, 0) is 11.2 Å². The molecule has 0 aromatic heterocycles. The van der Waals surface area contributed by atoms with Crippen LogP contribution in [0.15, 0.2) is 18.2 Å². The van der Waals surface area contributed by atoms with Gasteiger partial charge in [-0.3, -0.25) is 0 Å². The van der Waals surface area contributed by atoms with Crippen LogP contribution in [0.3, 0.4) is 0 Å². The van der Waals surface area contributed by atoms with E-state index in [2.05, 4.69) is 0 Å². The van der Waals surface area contributed by atoms with Gasteiger partial charge in [0.1, 0.15) is 5.75 Å². The van der Waals surface area contributed by atoms with E-state index in [-0.39, 0.29) is 5.75 Å². The highest BCUT2D eigenvalue weighted by Crippen LogP contribution is 2.23.